The number of benzene rings is 3. The Hall–Kier alpha value is -3.71. The first-order valence-corrected chi connectivity index (χ1v) is 15.0. The van der Waals surface area contributed by atoms with Crippen LogP contribution in [0.1, 0.15) is 79.5 Å². The van der Waals surface area contributed by atoms with E-state index in [4.69, 9.17) is 4.74 Å². The highest BCUT2D eigenvalue weighted by molar-refractivity contribution is 5.98. The lowest BCUT2D eigenvalue weighted by Gasteiger charge is -2.41. The van der Waals surface area contributed by atoms with Gasteiger partial charge in [0.15, 0.2) is 0 Å². The quantitative estimate of drug-likeness (QED) is 0.327. The molecule has 2 amide bonds. The maximum Gasteiger partial charge on any atom is 0.257 e. The van der Waals surface area contributed by atoms with Crippen molar-refractivity contribution in [2.75, 3.05) is 30.4 Å². The van der Waals surface area contributed by atoms with E-state index in [-0.39, 0.29) is 22.8 Å². The van der Waals surface area contributed by atoms with E-state index in [1.54, 1.807) is 24.0 Å². The number of likely N-dealkylation sites (tertiary alicyclic amines) is 1. The number of piperidine rings is 1. The van der Waals surface area contributed by atoms with Crippen molar-refractivity contribution in [3.05, 3.63) is 94.8 Å². The number of carbonyl (C=O) groups excluding carboxylic acids is 2. The molecule has 1 unspecified atom stereocenters. The summed E-state index contributed by atoms with van der Waals surface area (Å²) in [5.74, 6) is -1.56. The third-order valence-corrected chi connectivity index (χ3v) is 8.50. The van der Waals surface area contributed by atoms with Crippen LogP contribution in [0.4, 0.5) is 15.8 Å². The maximum atomic E-state index is 15.0. The van der Waals surface area contributed by atoms with Crippen molar-refractivity contribution in [3.8, 4) is 0 Å². The van der Waals surface area contributed by atoms with Crippen LogP contribution in [0.2, 0.25) is 0 Å². The molecule has 2 N–H and O–H groups in total. The highest BCUT2D eigenvalue weighted by Gasteiger charge is 2.40. The van der Waals surface area contributed by atoms with Crippen LogP contribution in [-0.4, -0.2) is 42.5 Å². The molecule has 0 spiro atoms. The third kappa shape index (κ3) is 6.67. The predicted octanol–water partition coefficient (Wildman–Crippen LogP) is 7.25. The Kier molecular flexibility index (Phi) is 8.97. The van der Waals surface area contributed by atoms with Crippen LogP contribution >= 0.6 is 0 Å². The molecule has 2 saturated heterocycles. The molecular weight excluding hydrogens is 529 g/mol. The van der Waals surface area contributed by atoms with Crippen LogP contribution in [0, 0.1) is 18.7 Å². The topological polar surface area (TPSA) is 70.7 Å². The first-order valence-electron chi connectivity index (χ1n) is 15.0. The number of amides is 2. The fourth-order valence-electron chi connectivity index (χ4n) is 6.11. The standard InChI is InChI=1S/C35H42FN3O3/c1-23-8-5-12-30(36)31(23)34(41)39-19-7-11-29(33(40)38-28-10-6-9-25(22-28)35(2,3)4)32(39)24-13-15-26(16-14-24)37-27-17-20-42-21-18-27/h5-6,8-10,12-16,22,27,29,32,37H,7,11,17-21H2,1-4H3,(H,38,40)/t29?,32-/m0/s1. The summed E-state index contributed by atoms with van der Waals surface area (Å²) in [5, 5.41) is 6.72. The Bertz CT molecular complexity index is 1390. The van der Waals surface area contributed by atoms with Crippen LogP contribution in [0.3, 0.4) is 0 Å². The maximum absolute atomic E-state index is 15.0. The van der Waals surface area contributed by atoms with Gasteiger partial charge in [0, 0.05) is 37.2 Å². The molecule has 0 aliphatic carbocycles. The van der Waals surface area contributed by atoms with E-state index in [2.05, 4.69) is 37.5 Å². The van der Waals surface area contributed by atoms with Crippen LogP contribution in [0.25, 0.3) is 0 Å². The van der Waals surface area contributed by atoms with E-state index in [0.717, 1.165) is 48.6 Å². The van der Waals surface area contributed by atoms with Gasteiger partial charge in [-0.2, -0.15) is 0 Å². The first kappa shape index (κ1) is 29.8. The lowest BCUT2D eigenvalue weighted by atomic mass is 9.83. The van der Waals surface area contributed by atoms with Gasteiger partial charge in [-0.1, -0.05) is 57.2 Å². The average Bonchev–Trinajstić information content (AvgIpc) is 2.97. The summed E-state index contributed by atoms with van der Waals surface area (Å²) in [6.45, 7) is 10.1. The van der Waals surface area contributed by atoms with Crippen molar-refractivity contribution >= 4 is 23.2 Å². The Labute approximate surface area is 248 Å². The fraction of sp³-hybridized carbons (Fsp3) is 0.429. The number of hydrogen-bond donors (Lipinski definition) is 2. The molecule has 0 aromatic heterocycles. The van der Waals surface area contributed by atoms with Crippen molar-refractivity contribution < 1.29 is 18.7 Å². The molecule has 0 saturated carbocycles. The first-order chi connectivity index (χ1) is 20.1. The van der Waals surface area contributed by atoms with Gasteiger partial charge in [-0.05, 0) is 85.0 Å². The minimum absolute atomic E-state index is 0.0601. The number of nitrogens with one attached hydrogen (secondary N) is 2. The smallest absolute Gasteiger partial charge is 0.257 e. The number of hydrogen-bond acceptors (Lipinski definition) is 4. The fourth-order valence-corrected chi connectivity index (χ4v) is 6.11. The zero-order valence-corrected chi connectivity index (χ0v) is 25.1. The summed E-state index contributed by atoms with van der Waals surface area (Å²) in [7, 11) is 0. The summed E-state index contributed by atoms with van der Waals surface area (Å²) < 4.78 is 20.5. The molecule has 7 heteroatoms. The second-order valence-corrected chi connectivity index (χ2v) is 12.6. The minimum atomic E-state index is -0.541. The minimum Gasteiger partial charge on any atom is -0.382 e. The Morgan fingerprint density at radius 1 is 0.929 bits per heavy atom. The van der Waals surface area contributed by atoms with Gasteiger partial charge in [0.05, 0.1) is 17.5 Å². The number of carbonyl (C=O) groups is 2. The van der Waals surface area contributed by atoms with Gasteiger partial charge in [-0.15, -0.1) is 0 Å². The zero-order valence-electron chi connectivity index (χ0n) is 25.1. The van der Waals surface area contributed by atoms with E-state index in [9.17, 15) is 14.0 Å². The molecule has 5 rings (SSSR count). The van der Waals surface area contributed by atoms with Gasteiger partial charge in [0.1, 0.15) is 5.82 Å². The van der Waals surface area contributed by atoms with Crippen molar-refractivity contribution in [1.29, 1.82) is 0 Å². The molecule has 2 atom stereocenters. The van der Waals surface area contributed by atoms with Crippen LogP contribution < -0.4 is 10.6 Å². The second-order valence-electron chi connectivity index (χ2n) is 12.6. The van der Waals surface area contributed by atoms with E-state index < -0.39 is 17.8 Å². The monoisotopic (exact) mass is 571 g/mol. The highest BCUT2D eigenvalue weighted by atomic mass is 19.1. The molecule has 2 aliphatic rings. The molecule has 6 nitrogen and oxygen atoms in total. The largest absolute Gasteiger partial charge is 0.382 e. The summed E-state index contributed by atoms with van der Waals surface area (Å²) in [6.07, 6.45) is 3.18. The van der Waals surface area contributed by atoms with E-state index in [1.165, 1.54) is 6.07 Å². The molecule has 42 heavy (non-hydrogen) atoms. The Morgan fingerprint density at radius 3 is 2.33 bits per heavy atom. The number of nitrogens with zero attached hydrogens (tertiary/aromatic N) is 1. The normalized spacial score (nSPS) is 19.8. The van der Waals surface area contributed by atoms with E-state index >= 15 is 0 Å². The number of rotatable bonds is 6. The van der Waals surface area contributed by atoms with Crippen LogP contribution in [0.5, 0.6) is 0 Å². The lowest BCUT2D eigenvalue weighted by Crippen LogP contribution is -2.46. The average molecular weight is 572 g/mol. The SMILES string of the molecule is Cc1cccc(F)c1C(=O)N1CCCC(C(=O)Nc2cccc(C(C)(C)C)c2)[C@@H]1c1ccc(NC2CCOCC2)cc1. The van der Waals surface area contributed by atoms with Gasteiger partial charge in [0.2, 0.25) is 5.91 Å². The van der Waals surface area contributed by atoms with Crippen molar-refractivity contribution in [2.24, 2.45) is 5.92 Å². The van der Waals surface area contributed by atoms with E-state index in [1.807, 2.05) is 42.5 Å². The van der Waals surface area contributed by atoms with Gasteiger partial charge in [-0.25, -0.2) is 4.39 Å². The highest BCUT2D eigenvalue weighted by Crippen LogP contribution is 2.39. The molecule has 0 bridgehead atoms. The molecular formula is C35H42FN3O3. The zero-order chi connectivity index (χ0) is 29.9. The number of ether oxygens (including phenoxy) is 1. The molecule has 2 aliphatic heterocycles. The third-order valence-electron chi connectivity index (χ3n) is 8.50. The lowest BCUT2D eigenvalue weighted by molar-refractivity contribution is -0.123. The van der Waals surface area contributed by atoms with E-state index in [0.29, 0.717) is 31.0 Å². The van der Waals surface area contributed by atoms with Gasteiger partial charge in [0.25, 0.3) is 5.91 Å². The van der Waals surface area contributed by atoms with Crippen molar-refractivity contribution in [3.63, 3.8) is 0 Å². The van der Waals surface area contributed by atoms with Crippen LogP contribution in [-0.2, 0) is 14.9 Å². The molecule has 0 radical (unpaired) electrons. The molecule has 2 heterocycles. The number of halogens is 1. The summed E-state index contributed by atoms with van der Waals surface area (Å²) in [5.41, 5.74) is 4.30. The number of aryl methyl sites for hydroxylation is 1. The summed E-state index contributed by atoms with van der Waals surface area (Å²) in [4.78, 5) is 29.6. The second kappa shape index (κ2) is 12.7. The van der Waals surface area contributed by atoms with Gasteiger partial charge >= 0.3 is 0 Å². The summed E-state index contributed by atoms with van der Waals surface area (Å²) >= 11 is 0. The van der Waals surface area contributed by atoms with Crippen molar-refractivity contribution in [1.82, 2.24) is 4.90 Å². The molecule has 3 aromatic carbocycles. The van der Waals surface area contributed by atoms with Crippen molar-refractivity contribution in [2.45, 2.75) is 70.9 Å². The Balaban J connectivity index is 1.46. The summed E-state index contributed by atoms with van der Waals surface area (Å²) in [6, 6.07) is 20.4. The Morgan fingerprint density at radius 2 is 1.64 bits per heavy atom. The molecule has 2 fully saturated rings. The molecule has 3 aromatic rings. The van der Waals surface area contributed by atoms with Gasteiger partial charge in [-0.3, -0.25) is 9.59 Å². The predicted molar refractivity (Wildman–Crippen MR) is 165 cm³/mol. The van der Waals surface area contributed by atoms with Gasteiger partial charge < -0.3 is 20.3 Å². The van der Waals surface area contributed by atoms with Crippen LogP contribution in [0.15, 0.2) is 66.7 Å². The number of anilines is 2. The molecule has 222 valence electrons.